The summed E-state index contributed by atoms with van der Waals surface area (Å²) >= 11 is 0. The lowest BCUT2D eigenvalue weighted by atomic mass is 9.66. The Morgan fingerprint density at radius 1 is 1.00 bits per heavy atom. The molecule has 0 bridgehead atoms. The zero-order valence-corrected chi connectivity index (χ0v) is 28.5. The molecule has 12 unspecified atom stereocenters. The molecule has 0 aromatic rings. The van der Waals surface area contributed by atoms with E-state index in [1.165, 1.54) is 26.4 Å². The first-order valence-electron chi connectivity index (χ1n) is 17.3. The van der Waals surface area contributed by atoms with Crippen LogP contribution in [0.3, 0.4) is 0 Å². The summed E-state index contributed by atoms with van der Waals surface area (Å²) in [5, 5.41) is 9.57. The predicted octanol–water partition coefficient (Wildman–Crippen LogP) is 5.42. The van der Waals surface area contributed by atoms with E-state index in [-0.39, 0.29) is 30.3 Å². The molecular weight excluding hydrogens is 576 g/mol. The van der Waals surface area contributed by atoms with Crippen LogP contribution in [0.5, 0.6) is 0 Å². The molecule has 4 fully saturated rings. The Hall–Kier alpha value is -1.62. The Labute approximate surface area is 270 Å². The number of aliphatic hydroxyl groups excluding tert-OH is 1. The zero-order valence-electron chi connectivity index (χ0n) is 28.5. The maximum atomic E-state index is 13.5. The minimum atomic E-state index is -0.966. The summed E-state index contributed by atoms with van der Waals surface area (Å²) in [6, 6.07) is 0. The van der Waals surface area contributed by atoms with Crippen LogP contribution in [0.25, 0.3) is 0 Å². The Bertz CT molecular complexity index is 996. The number of aliphatic hydroxyl groups is 1. The molecule has 5 rings (SSSR count). The van der Waals surface area contributed by atoms with E-state index in [4.69, 9.17) is 28.4 Å². The van der Waals surface area contributed by atoms with Crippen molar-refractivity contribution < 1.29 is 43.1 Å². The summed E-state index contributed by atoms with van der Waals surface area (Å²) in [5.74, 6) is 3.43. The second-order valence-corrected chi connectivity index (χ2v) is 13.6. The first-order chi connectivity index (χ1) is 21.8. The van der Waals surface area contributed by atoms with Gasteiger partial charge in [-0.3, -0.25) is 9.59 Å². The van der Waals surface area contributed by atoms with Crippen molar-refractivity contribution in [3.63, 3.8) is 0 Å². The normalized spacial score (nSPS) is 39.5. The molecule has 0 radical (unpaired) electrons. The SMILES string of the molecule is CC/C=C/C(CCCCC(C)C(=O)C1=CC2C3CCCC3C3OC3C2C1CC)OC=O.COC1C(OC)[C@H](O)OC(C)[C@@H]1OC. The van der Waals surface area contributed by atoms with E-state index in [0.29, 0.717) is 42.2 Å². The quantitative estimate of drug-likeness (QED) is 0.109. The molecule has 0 aromatic carbocycles. The number of hydrogen-bond acceptors (Lipinski definition) is 9. The van der Waals surface area contributed by atoms with Crippen molar-refractivity contribution in [1.82, 2.24) is 0 Å². The summed E-state index contributed by atoms with van der Waals surface area (Å²) in [6.07, 6.45) is 14.6. The molecule has 256 valence electrons. The summed E-state index contributed by atoms with van der Waals surface area (Å²) < 4.78 is 32.2. The third-order valence-corrected chi connectivity index (χ3v) is 11.1. The molecule has 0 spiro atoms. The van der Waals surface area contributed by atoms with E-state index in [1.807, 2.05) is 19.1 Å². The molecule has 0 amide bonds. The smallest absolute Gasteiger partial charge is 0.293 e. The summed E-state index contributed by atoms with van der Waals surface area (Å²) in [7, 11) is 4.65. The van der Waals surface area contributed by atoms with Crippen LogP contribution in [0, 0.1) is 35.5 Å². The lowest BCUT2D eigenvalue weighted by Gasteiger charge is -2.41. The average Bonchev–Trinajstić information content (AvgIpc) is 3.49. The number of rotatable bonds is 15. The van der Waals surface area contributed by atoms with Crippen LogP contribution < -0.4 is 0 Å². The van der Waals surface area contributed by atoms with Crippen LogP contribution >= 0.6 is 0 Å². The largest absolute Gasteiger partial charge is 0.460 e. The van der Waals surface area contributed by atoms with Gasteiger partial charge in [-0.1, -0.05) is 45.8 Å². The number of ether oxygens (including phenoxy) is 6. The predicted molar refractivity (Wildman–Crippen MR) is 170 cm³/mol. The average molecular weight is 635 g/mol. The Morgan fingerprint density at radius 3 is 2.33 bits per heavy atom. The van der Waals surface area contributed by atoms with Crippen molar-refractivity contribution in [3.05, 3.63) is 23.8 Å². The number of epoxide rings is 1. The molecule has 9 heteroatoms. The first kappa shape index (κ1) is 36.2. The van der Waals surface area contributed by atoms with E-state index in [1.54, 1.807) is 14.2 Å². The fourth-order valence-corrected chi connectivity index (χ4v) is 8.84. The molecule has 3 aliphatic carbocycles. The molecule has 9 nitrogen and oxygen atoms in total. The van der Waals surface area contributed by atoms with E-state index < -0.39 is 12.4 Å². The number of ketones is 1. The third kappa shape index (κ3) is 8.10. The van der Waals surface area contributed by atoms with Crippen molar-refractivity contribution in [1.29, 1.82) is 0 Å². The van der Waals surface area contributed by atoms with Gasteiger partial charge < -0.3 is 33.5 Å². The van der Waals surface area contributed by atoms with Crippen molar-refractivity contribution in [2.24, 2.45) is 35.5 Å². The third-order valence-electron chi connectivity index (χ3n) is 11.1. The van der Waals surface area contributed by atoms with Gasteiger partial charge >= 0.3 is 0 Å². The molecule has 2 saturated heterocycles. The standard InChI is InChI=1S/C27H40O4.C9H18O5/c1-4-6-11-18(30-16-28)12-8-7-10-17(3)25(29)23-15-22-20-13-9-14-21(20)26-27(31-26)24(22)19(23)5-2;1-5-6(11-2)7(12-3)8(13-4)9(10)14-5/h6,11,15-22,24,26-27H,4-5,7-10,12-14H2,1-3H3;5-10H,1-4H3/b11-6+;/t;5?,6-,7?,8?,9+/m.0/s1. The second-order valence-electron chi connectivity index (χ2n) is 13.6. The highest BCUT2D eigenvalue weighted by Crippen LogP contribution is 2.62. The summed E-state index contributed by atoms with van der Waals surface area (Å²) in [6.45, 7) is 8.78. The van der Waals surface area contributed by atoms with Gasteiger partial charge in [-0.25, -0.2) is 0 Å². The first-order valence-corrected chi connectivity index (χ1v) is 17.3. The lowest BCUT2D eigenvalue weighted by molar-refractivity contribution is -0.291. The Morgan fingerprint density at radius 2 is 1.69 bits per heavy atom. The van der Waals surface area contributed by atoms with Gasteiger partial charge in [0.15, 0.2) is 12.1 Å². The van der Waals surface area contributed by atoms with Crippen molar-refractivity contribution in [2.45, 2.75) is 135 Å². The van der Waals surface area contributed by atoms with Crippen LogP contribution in [0.1, 0.15) is 85.5 Å². The highest BCUT2D eigenvalue weighted by molar-refractivity contribution is 5.98. The van der Waals surface area contributed by atoms with Gasteiger partial charge in [0.1, 0.15) is 24.4 Å². The van der Waals surface area contributed by atoms with Crippen LogP contribution in [0.2, 0.25) is 0 Å². The van der Waals surface area contributed by atoms with Crippen LogP contribution in [-0.4, -0.2) is 87.7 Å². The molecule has 2 aliphatic heterocycles. The molecule has 14 atom stereocenters. The number of unbranched alkanes of at least 4 members (excludes halogenated alkanes) is 1. The molecule has 45 heavy (non-hydrogen) atoms. The number of carbonyl (C=O) groups excluding carboxylic acids is 2. The number of Topliss-reactive ketones (excluding diaryl/α,β-unsaturated/α-hetero) is 1. The maximum Gasteiger partial charge on any atom is 0.293 e. The molecule has 0 aromatic heterocycles. The van der Waals surface area contributed by atoms with E-state index in [0.717, 1.165) is 55.9 Å². The maximum absolute atomic E-state index is 13.5. The van der Waals surface area contributed by atoms with Crippen LogP contribution in [-0.2, 0) is 38.0 Å². The van der Waals surface area contributed by atoms with Crippen LogP contribution in [0.4, 0.5) is 0 Å². The van der Waals surface area contributed by atoms with E-state index >= 15 is 0 Å². The van der Waals surface area contributed by atoms with Crippen LogP contribution in [0.15, 0.2) is 23.8 Å². The Kier molecular flexibility index (Phi) is 13.7. The fourth-order valence-electron chi connectivity index (χ4n) is 8.84. The lowest BCUT2D eigenvalue weighted by Crippen LogP contribution is -2.58. The number of allylic oxidation sites excluding steroid dienone is 3. The monoisotopic (exact) mass is 634 g/mol. The number of methoxy groups -OCH3 is 3. The van der Waals surface area contributed by atoms with Crippen molar-refractivity contribution in [3.8, 4) is 0 Å². The van der Waals surface area contributed by atoms with E-state index in [2.05, 4.69) is 26.8 Å². The zero-order chi connectivity index (χ0) is 32.7. The minimum absolute atomic E-state index is 0.0624. The van der Waals surface area contributed by atoms with Gasteiger partial charge in [-0.2, -0.15) is 0 Å². The highest BCUT2D eigenvalue weighted by Gasteiger charge is 2.64. The molecular formula is C36H58O9. The van der Waals surface area contributed by atoms with Gasteiger partial charge in [-0.15, -0.1) is 0 Å². The fraction of sp³-hybridized carbons (Fsp3) is 0.833. The summed E-state index contributed by atoms with van der Waals surface area (Å²) in [5.41, 5.74) is 1.12. The van der Waals surface area contributed by atoms with Gasteiger partial charge in [-0.05, 0) is 87.2 Å². The molecule has 2 saturated carbocycles. The molecule has 1 N–H and O–H groups in total. The number of carbonyl (C=O) groups is 2. The van der Waals surface area contributed by atoms with Gasteiger partial charge in [0.05, 0.1) is 18.3 Å². The number of fused-ring (bicyclic) bond motifs is 6. The molecule has 5 aliphatic rings. The highest BCUT2D eigenvalue weighted by atomic mass is 16.7. The van der Waals surface area contributed by atoms with Gasteiger partial charge in [0, 0.05) is 33.2 Å². The van der Waals surface area contributed by atoms with Crippen molar-refractivity contribution >= 4 is 12.3 Å². The van der Waals surface area contributed by atoms with Gasteiger partial charge in [0.25, 0.3) is 6.47 Å². The summed E-state index contributed by atoms with van der Waals surface area (Å²) in [4.78, 5) is 24.2. The van der Waals surface area contributed by atoms with Crippen molar-refractivity contribution in [2.75, 3.05) is 21.3 Å². The number of hydrogen-bond donors (Lipinski definition) is 1. The van der Waals surface area contributed by atoms with E-state index in [9.17, 15) is 14.7 Å². The second kappa shape index (κ2) is 17.0. The van der Waals surface area contributed by atoms with Gasteiger partial charge in [0.2, 0.25) is 0 Å². The molecule has 2 heterocycles. The Balaban J connectivity index is 0.000000276. The minimum Gasteiger partial charge on any atom is -0.460 e. The topological polar surface area (TPSA) is 113 Å².